The largest absolute Gasteiger partial charge is 0.467 e. The number of sulfonamides is 1. The van der Waals surface area contributed by atoms with Gasteiger partial charge in [0.15, 0.2) is 0 Å². The molecule has 0 radical (unpaired) electrons. The molecule has 34 heavy (non-hydrogen) atoms. The first-order valence-electron chi connectivity index (χ1n) is 10.2. The van der Waals surface area contributed by atoms with Crippen molar-refractivity contribution in [1.82, 2.24) is 5.32 Å². The third-order valence-electron chi connectivity index (χ3n) is 5.06. The number of methoxy groups -OCH3 is 1. The molecule has 0 spiro atoms. The smallest absolute Gasteiger partial charge is 0.328 e. The summed E-state index contributed by atoms with van der Waals surface area (Å²) < 4.78 is 28.6. The van der Waals surface area contributed by atoms with E-state index in [0.717, 1.165) is 11.1 Å². The van der Waals surface area contributed by atoms with Crippen LogP contribution in [0.15, 0.2) is 82.8 Å². The molecule has 0 fully saturated rings. The Balaban J connectivity index is 1.81. The van der Waals surface area contributed by atoms with Crippen LogP contribution in [-0.4, -0.2) is 39.7 Å². The molecular weight excluding hydrogens is 456 g/mol. The third kappa shape index (κ3) is 6.06. The van der Waals surface area contributed by atoms with Crippen molar-refractivity contribution in [1.29, 1.82) is 0 Å². The molecule has 0 bridgehead atoms. The first-order chi connectivity index (χ1) is 16.2. The van der Waals surface area contributed by atoms with Crippen molar-refractivity contribution >= 4 is 28.1 Å². The van der Waals surface area contributed by atoms with Crippen molar-refractivity contribution in [3.05, 3.63) is 89.5 Å². The Bertz CT molecular complexity index is 1320. The van der Waals surface area contributed by atoms with E-state index < -0.39 is 27.9 Å². The summed E-state index contributed by atoms with van der Waals surface area (Å²) in [5.74, 6) is 4.11. The lowest BCUT2D eigenvalue weighted by molar-refractivity contribution is -0.142. The van der Waals surface area contributed by atoms with Crippen LogP contribution in [0.4, 0.5) is 0 Å². The number of rotatable bonds is 8. The van der Waals surface area contributed by atoms with Gasteiger partial charge in [-0.2, -0.15) is 5.10 Å². The molecule has 5 N–H and O–H groups in total. The zero-order valence-electron chi connectivity index (χ0n) is 18.3. The van der Waals surface area contributed by atoms with E-state index in [2.05, 4.69) is 10.4 Å². The molecule has 0 saturated heterocycles. The van der Waals surface area contributed by atoms with Crippen LogP contribution < -0.4 is 16.3 Å². The standard InChI is InChI=1S/C24H24N4O5S/c1-33-24(30)21(14-16-5-4-6-17(13-16)15-27-25)28-23(29)19-11-9-18(10-12-19)20-7-2-3-8-22(20)34(26,31)32/h2-13,15,21H,14,25H2,1H3,(H,28,29)(H2,26,31,32)/b27-15-/t21-/m0/s1. The second-order valence-corrected chi connectivity index (χ2v) is 8.92. The summed E-state index contributed by atoms with van der Waals surface area (Å²) in [6, 6.07) is 18.9. The number of carbonyl (C=O) groups excluding carboxylic acids is 2. The van der Waals surface area contributed by atoms with Crippen LogP contribution in [0.3, 0.4) is 0 Å². The van der Waals surface area contributed by atoms with Gasteiger partial charge in [0, 0.05) is 17.5 Å². The number of ether oxygens (including phenoxy) is 1. The Kier molecular flexibility index (Phi) is 7.77. The maximum absolute atomic E-state index is 12.8. The fraction of sp³-hybridized carbons (Fsp3) is 0.125. The van der Waals surface area contributed by atoms with Crippen molar-refractivity contribution in [2.75, 3.05) is 7.11 Å². The van der Waals surface area contributed by atoms with Gasteiger partial charge in [0.25, 0.3) is 5.91 Å². The molecule has 0 aliphatic rings. The minimum atomic E-state index is -3.92. The zero-order chi connectivity index (χ0) is 24.7. The monoisotopic (exact) mass is 480 g/mol. The van der Waals surface area contributed by atoms with Crippen LogP contribution >= 0.6 is 0 Å². The van der Waals surface area contributed by atoms with Crippen molar-refractivity contribution in [2.45, 2.75) is 17.4 Å². The van der Waals surface area contributed by atoms with Crippen LogP contribution in [0.2, 0.25) is 0 Å². The number of primary sulfonamides is 1. The van der Waals surface area contributed by atoms with E-state index in [4.69, 9.17) is 15.7 Å². The van der Waals surface area contributed by atoms with E-state index in [1.807, 2.05) is 6.07 Å². The Morgan fingerprint density at radius 1 is 1.06 bits per heavy atom. The Morgan fingerprint density at radius 3 is 2.41 bits per heavy atom. The summed E-state index contributed by atoms with van der Waals surface area (Å²) in [6.07, 6.45) is 1.68. The van der Waals surface area contributed by atoms with Gasteiger partial charge in [0.2, 0.25) is 10.0 Å². The summed E-state index contributed by atoms with van der Waals surface area (Å²) in [4.78, 5) is 25.1. The number of hydrogen-bond acceptors (Lipinski definition) is 7. The average molecular weight is 481 g/mol. The molecule has 1 atom stereocenters. The molecule has 3 aromatic carbocycles. The fourth-order valence-electron chi connectivity index (χ4n) is 3.45. The summed E-state index contributed by atoms with van der Waals surface area (Å²) in [5.41, 5.74) is 2.82. The highest BCUT2D eigenvalue weighted by Gasteiger charge is 2.23. The van der Waals surface area contributed by atoms with Gasteiger partial charge in [-0.3, -0.25) is 4.79 Å². The van der Waals surface area contributed by atoms with Gasteiger partial charge in [0.05, 0.1) is 18.2 Å². The lowest BCUT2D eigenvalue weighted by atomic mass is 10.0. The van der Waals surface area contributed by atoms with Crippen LogP contribution in [0, 0.1) is 0 Å². The Morgan fingerprint density at radius 2 is 1.76 bits per heavy atom. The van der Waals surface area contributed by atoms with Gasteiger partial charge in [-0.25, -0.2) is 18.4 Å². The summed E-state index contributed by atoms with van der Waals surface area (Å²) in [5, 5.41) is 11.5. The van der Waals surface area contributed by atoms with Gasteiger partial charge in [0.1, 0.15) is 6.04 Å². The number of hydrazone groups is 1. The maximum atomic E-state index is 12.8. The quantitative estimate of drug-likeness (QED) is 0.193. The molecule has 3 aromatic rings. The van der Waals surface area contributed by atoms with Crippen molar-refractivity contribution in [2.24, 2.45) is 16.1 Å². The molecule has 0 aliphatic heterocycles. The Labute approximate surface area is 197 Å². The zero-order valence-corrected chi connectivity index (χ0v) is 19.2. The summed E-state index contributed by atoms with van der Waals surface area (Å²) in [6.45, 7) is 0. The number of hydrogen-bond donors (Lipinski definition) is 3. The van der Waals surface area contributed by atoms with Gasteiger partial charge in [-0.1, -0.05) is 54.6 Å². The highest BCUT2D eigenvalue weighted by Crippen LogP contribution is 2.26. The number of benzene rings is 3. The summed E-state index contributed by atoms with van der Waals surface area (Å²) in [7, 11) is -2.67. The van der Waals surface area contributed by atoms with Crippen LogP contribution in [0.5, 0.6) is 0 Å². The van der Waals surface area contributed by atoms with Gasteiger partial charge >= 0.3 is 5.97 Å². The van der Waals surface area contributed by atoms with E-state index >= 15 is 0 Å². The lowest BCUT2D eigenvalue weighted by Gasteiger charge is -2.17. The molecule has 176 valence electrons. The second kappa shape index (κ2) is 10.7. The van der Waals surface area contributed by atoms with Crippen LogP contribution in [-0.2, 0) is 26.0 Å². The number of nitrogens with one attached hydrogen (secondary N) is 1. The Hall–Kier alpha value is -4.02. The minimum Gasteiger partial charge on any atom is -0.467 e. The predicted molar refractivity (Wildman–Crippen MR) is 128 cm³/mol. The number of nitrogens with zero attached hydrogens (tertiary/aromatic N) is 1. The van der Waals surface area contributed by atoms with Crippen molar-refractivity contribution in [3.63, 3.8) is 0 Å². The third-order valence-corrected chi connectivity index (χ3v) is 6.03. The first kappa shape index (κ1) is 24.6. The highest BCUT2D eigenvalue weighted by atomic mass is 32.2. The maximum Gasteiger partial charge on any atom is 0.328 e. The minimum absolute atomic E-state index is 0.0140. The van der Waals surface area contributed by atoms with E-state index in [0.29, 0.717) is 11.1 Å². The topological polar surface area (TPSA) is 154 Å². The number of amides is 1. The molecule has 1 amide bonds. The van der Waals surface area contributed by atoms with E-state index in [9.17, 15) is 18.0 Å². The molecule has 0 aromatic heterocycles. The molecule has 9 nitrogen and oxygen atoms in total. The highest BCUT2D eigenvalue weighted by molar-refractivity contribution is 7.89. The molecule has 3 rings (SSSR count). The van der Waals surface area contributed by atoms with Crippen molar-refractivity contribution in [3.8, 4) is 11.1 Å². The summed E-state index contributed by atoms with van der Waals surface area (Å²) >= 11 is 0. The number of carbonyl (C=O) groups is 2. The van der Waals surface area contributed by atoms with Gasteiger partial charge < -0.3 is 15.9 Å². The average Bonchev–Trinajstić information content (AvgIpc) is 2.83. The van der Waals surface area contributed by atoms with Crippen LogP contribution in [0.25, 0.3) is 11.1 Å². The lowest BCUT2D eigenvalue weighted by Crippen LogP contribution is -2.43. The SMILES string of the molecule is COC(=O)[C@H](Cc1cccc(/C=N\N)c1)NC(=O)c1ccc(-c2ccccc2S(N)(=O)=O)cc1. The van der Waals surface area contributed by atoms with E-state index in [1.54, 1.807) is 48.5 Å². The molecule has 10 heteroatoms. The normalized spacial score (nSPS) is 12.3. The first-order valence-corrected chi connectivity index (χ1v) is 11.7. The molecular formula is C24H24N4O5S. The molecule has 0 aliphatic carbocycles. The van der Waals surface area contributed by atoms with E-state index in [-0.39, 0.29) is 16.9 Å². The van der Waals surface area contributed by atoms with Crippen LogP contribution in [0.1, 0.15) is 21.5 Å². The van der Waals surface area contributed by atoms with Gasteiger partial charge in [-0.15, -0.1) is 0 Å². The predicted octanol–water partition coefficient (Wildman–Crippen LogP) is 1.81. The van der Waals surface area contributed by atoms with Gasteiger partial charge in [-0.05, 0) is 34.9 Å². The molecule has 0 heterocycles. The van der Waals surface area contributed by atoms with E-state index in [1.165, 1.54) is 31.5 Å². The number of esters is 1. The molecule has 0 unspecified atom stereocenters. The molecule has 0 saturated carbocycles. The number of nitrogens with two attached hydrogens (primary N) is 2. The second-order valence-electron chi connectivity index (χ2n) is 7.40. The fourth-order valence-corrected chi connectivity index (χ4v) is 4.21. The van der Waals surface area contributed by atoms with Crippen molar-refractivity contribution < 1.29 is 22.7 Å².